The van der Waals surface area contributed by atoms with Crippen LogP contribution in [-0.4, -0.2) is 80.6 Å². The molecule has 0 saturated carbocycles. The summed E-state index contributed by atoms with van der Waals surface area (Å²) < 4.78 is 11.2. The number of ether oxygens (including phenoxy) is 2. The van der Waals surface area contributed by atoms with Crippen LogP contribution >= 0.6 is 0 Å². The number of hydrogen-bond acceptors (Lipinski definition) is 7. The lowest BCUT2D eigenvalue weighted by Gasteiger charge is -2.34. The minimum Gasteiger partial charge on any atom is -0.387 e. The van der Waals surface area contributed by atoms with Gasteiger partial charge in [-0.1, -0.05) is 6.07 Å². The van der Waals surface area contributed by atoms with Gasteiger partial charge in [0.05, 0.1) is 30.2 Å². The number of allylic oxidation sites excluding steroid dienone is 1. The van der Waals surface area contributed by atoms with Gasteiger partial charge in [0.15, 0.2) is 0 Å². The summed E-state index contributed by atoms with van der Waals surface area (Å²) in [6, 6.07) is 8.11. The number of fused-ring (bicyclic) bond motifs is 1. The maximum atomic E-state index is 12.3. The number of aromatic nitrogens is 2. The Bertz CT molecular complexity index is 1340. The molecule has 0 spiro atoms. The molecule has 2 fully saturated rings. The molecule has 3 aromatic rings. The van der Waals surface area contributed by atoms with Crippen LogP contribution in [0.15, 0.2) is 47.3 Å². The van der Waals surface area contributed by atoms with Crippen LogP contribution < -0.4 is 10.6 Å². The molecular formula is C29H36N6O3. The molecule has 38 heavy (non-hydrogen) atoms. The number of nitrogens with zero attached hydrogens (tertiary/aromatic N) is 3. The Morgan fingerprint density at radius 1 is 1.18 bits per heavy atom. The second-order valence-electron chi connectivity index (χ2n) is 9.80. The average molecular weight is 517 g/mol. The first kappa shape index (κ1) is 25.9. The summed E-state index contributed by atoms with van der Waals surface area (Å²) in [5.74, 6) is 0.434. The third-order valence-electron chi connectivity index (χ3n) is 7.43. The topological polar surface area (TPSA) is 104 Å². The monoisotopic (exact) mass is 516 g/mol. The first-order valence-corrected chi connectivity index (χ1v) is 13.2. The van der Waals surface area contributed by atoms with Gasteiger partial charge in [0.25, 0.3) is 5.91 Å². The fourth-order valence-electron chi connectivity index (χ4n) is 5.27. The van der Waals surface area contributed by atoms with Crippen molar-refractivity contribution in [2.75, 3.05) is 53.1 Å². The van der Waals surface area contributed by atoms with Crippen LogP contribution in [0, 0.1) is 5.92 Å². The first-order chi connectivity index (χ1) is 18.6. The van der Waals surface area contributed by atoms with Gasteiger partial charge in [-0.3, -0.25) is 9.79 Å². The number of hydrogen-bond donors (Lipinski definition) is 3. The van der Waals surface area contributed by atoms with Crippen LogP contribution in [0.25, 0.3) is 27.9 Å². The largest absolute Gasteiger partial charge is 0.387 e. The van der Waals surface area contributed by atoms with Gasteiger partial charge in [-0.15, -0.1) is 0 Å². The van der Waals surface area contributed by atoms with Gasteiger partial charge in [0, 0.05) is 74.5 Å². The number of aliphatic imine (C=N–C) groups is 1. The molecule has 1 aromatic carbocycles. The summed E-state index contributed by atoms with van der Waals surface area (Å²) in [6.45, 7) is 11.6. The summed E-state index contributed by atoms with van der Waals surface area (Å²) in [6.07, 6.45) is 5.69. The molecule has 1 amide bonds. The molecule has 0 unspecified atom stereocenters. The van der Waals surface area contributed by atoms with Crippen molar-refractivity contribution in [2.45, 2.75) is 19.8 Å². The Kier molecular flexibility index (Phi) is 8.05. The normalized spacial score (nSPS) is 17.3. The number of rotatable bonds is 8. The van der Waals surface area contributed by atoms with E-state index in [4.69, 9.17) is 9.47 Å². The van der Waals surface area contributed by atoms with Gasteiger partial charge < -0.3 is 30.0 Å². The molecule has 0 aliphatic carbocycles. The number of nitrogens with one attached hydrogen (secondary N) is 3. The molecule has 9 nitrogen and oxygen atoms in total. The Morgan fingerprint density at radius 2 is 1.95 bits per heavy atom. The van der Waals surface area contributed by atoms with Crippen molar-refractivity contribution in [3.05, 3.63) is 53.5 Å². The lowest BCUT2D eigenvalue weighted by atomic mass is 9.97. The molecule has 0 bridgehead atoms. The van der Waals surface area contributed by atoms with E-state index in [-0.39, 0.29) is 5.91 Å². The van der Waals surface area contributed by atoms with E-state index in [1.165, 1.54) is 0 Å². The molecule has 9 heteroatoms. The van der Waals surface area contributed by atoms with E-state index in [0.29, 0.717) is 24.7 Å². The lowest BCUT2D eigenvalue weighted by Crippen LogP contribution is -2.37. The third kappa shape index (κ3) is 5.44. The summed E-state index contributed by atoms with van der Waals surface area (Å²) >= 11 is 0. The van der Waals surface area contributed by atoms with Gasteiger partial charge in [0.2, 0.25) is 0 Å². The fourth-order valence-corrected chi connectivity index (χ4v) is 5.27. The second-order valence-corrected chi connectivity index (χ2v) is 9.80. The van der Waals surface area contributed by atoms with E-state index in [1.807, 2.05) is 24.4 Å². The van der Waals surface area contributed by atoms with Gasteiger partial charge in [-0.25, -0.2) is 4.98 Å². The second kappa shape index (κ2) is 11.8. The number of morpholine rings is 1. The Morgan fingerprint density at radius 3 is 2.68 bits per heavy atom. The number of carbonyl (C=O) groups excluding carboxylic acids is 1. The summed E-state index contributed by atoms with van der Waals surface area (Å²) in [4.78, 5) is 26.7. The maximum absolute atomic E-state index is 12.3. The molecule has 5 rings (SSSR count). The van der Waals surface area contributed by atoms with Gasteiger partial charge in [0.1, 0.15) is 5.65 Å². The van der Waals surface area contributed by atoms with Crippen LogP contribution in [0.5, 0.6) is 0 Å². The van der Waals surface area contributed by atoms with Crippen molar-refractivity contribution in [3.63, 3.8) is 0 Å². The number of amides is 1. The molecule has 2 aliphatic rings. The maximum Gasteiger partial charge on any atom is 0.252 e. The summed E-state index contributed by atoms with van der Waals surface area (Å²) in [7, 11) is 1.62. The molecule has 200 valence electrons. The predicted octanol–water partition coefficient (Wildman–Crippen LogP) is 3.96. The zero-order chi connectivity index (χ0) is 26.5. The number of carbonyl (C=O) groups is 1. The van der Waals surface area contributed by atoms with Crippen molar-refractivity contribution in [3.8, 4) is 11.1 Å². The lowest BCUT2D eigenvalue weighted by molar-refractivity contribution is 0.0629. The Hall–Kier alpha value is -3.69. The van der Waals surface area contributed by atoms with Crippen molar-refractivity contribution in [1.29, 1.82) is 0 Å². The van der Waals surface area contributed by atoms with E-state index in [0.717, 1.165) is 90.5 Å². The molecule has 0 atom stereocenters. The molecule has 3 N–H and O–H groups in total. The number of pyridine rings is 1. The van der Waals surface area contributed by atoms with Gasteiger partial charge in [-0.2, -0.15) is 0 Å². The van der Waals surface area contributed by atoms with E-state index < -0.39 is 0 Å². The van der Waals surface area contributed by atoms with Crippen LogP contribution in [0.4, 0.5) is 5.69 Å². The summed E-state index contributed by atoms with van der Waals surface area (Å²) in [5, 5.41) is 7.30. The van der Waals surface area contributed by atoms with Gasteiger partial charge >= 0.3 is 0 Å². The highest BCUT2D eigenvalue weighted by Gasteiger charge is 2.23. The zero-order valence-electron chi connectivity index (χ0n) is 22.2. The predicted molar refractivity (Wildman–Crippen MR) is 151 cm³/mol. The standard InChI is InChI=1S/C29H36N6O3/c1-19(32-16-20-6-10-37-11-7-20)27(35-8-12-38-13-9-35)24-14-21(4-5-26(24)30-2)25-18-34-28-23(25)15-22(17-33-28)29(36)31-3/h4-5,14-15,17-18,20,32H,2,6-13,16H2,1,3H3,(H,31,36)(H,33,34)/b27-19-. The van der Waals surface area contributed by atoms with Crippen molar-refractivity contribution in [1.82, 2.24) is 25.5 Å². The van der Waals surface area contributed by atoms with E-state index >= 15 is 0 Å². The zero-order valence-corrected chi connectivity index (χ0v) is 22.2. The number of H-pyrrole nitrogens is 1. The van der Waals surface area contributed by atoms with Crippen LogP contribution in [0.2, 0.25) is 0 Å². The highest BCUT2D eigenvalue weighted by molar-refractivity contribution is 6.01. The highest BCUT2D eigenvalue weighted by Crippen LogP contribution is 2.37. The molecular weight excluding hydrogens is 480 g/mol. The average Bonchev–Trinajstić information content (AvgIpc) is 3.40. The minimum atomic E-state index is -0.165. The number of benzene rings is 1. The number of aromatic amines is 1. The minimum absolute atomic E-state index is 0.165. The highest BCUT2D eigenvalue weighted by atomic mass is 16.5. The van der Waals surface area contributed by atoms with Crippen molar-refractivity contribution >= 4 is 35.0 Å². The SMILES string of the molecule is C=Nc1ccc(-c2c[nH]c3ncc(C(=O)NC)cc23)cc1/C(=C(\C)NCC1CCOCC1)N1CCOCC1. The van der Waals surface area contributed by atoms with E-state index in [2.05, 4.69) is 50.2 Å². The molecule has 4 heterocycles. The van der Waals surface area contributed by atoms with Crippen LogP contribution in [-0.2, 0) is 9.47 Å². The third-order valence-corrected chi connectivity index (χ3v) is 7.43. The van der Waals surface area contributed by atoms with Crippen molar-refractivity contribution < 1.29 is 14.3 Å². The van der Waals surface area contributed by atoms with Crippen LogP contribution in [0.1, 0.15) is 35.7 Å². The first-order valence-electron chi connectivity index (χ1n) is 13.2. The molecule has 2 aromatic heterocycles. The Labute approximate surface area is 223 Å². The van der Waals surface area contributed by atoms with Crippen LogP contribution in [0.3, 0.4) is 0 Å². The molecule has 2 aliphatic heterocycles. The molecule has 0 radical (unpaired) electrons. The van der Waals surface area contributed by atoms with Gasteiger partial charge in [-0.05, 0) is 56.2 Å². The van der Waals surface area contributed by atoms with Crippen molar-refractivity contribution in [2.24, 2.45) is 10.9 Å². The van der Waals surface area contributed by atoms with E-state index in [9.17, 15) is 4.79 Å². The van der Waals surface area contributed by atoms with E-state index in [1.54, 1.807) is 13.2 Å². The fraction of sp³-hybridized carbons (Fsp3) is 0.414. The quantitative estimate of drug-likeness (QED) is 0.392. The molecule has 2 saturated heterocycles. The smallest absolute Gasteiger partial charge is 0.252 e. The summed E-state index contributed by atoms with van der Waals surface area (Å²) in [5.41, 5.74) is 7.32. The Balaban J connectivity index is 1.56.